The van der Waals surface area contributed by atoms with Crippen LogP contribution in [0, 0.1) is 0 Å². The highest BCUT2D eigenvalue weighted by Gasteiger charge is 2.30. The molecule has 1 heterocycles. The summed E-state index contributed by atoms with van der Waals surface area (Å²) in [5.41, 5.74) is 7.26. The van der Waals surface area contributed by atoms with Crippen molar-refractivity contribution in [3.63, 3.8) is 0 Å². The highest BCUT2D eigenvalue weighted by Crippen LogP contribution is 2.19. The highest BCUT2D eigenvalue weighted by molar-refractivity contribution is 7.98. The molecule has 0 bridgehead atoms. The van der Waals surface area contributed by atoms with Crippen molar-refractivity contribution < 1.29 is 34.2 Å². The smallest absolute Gasteiger partial charge is 0.326 e. The minimum atomic E-state index is -1.25. The van der Waals surface area contributed by atoms with Crippen molar-refractivity contribution in [2.24, 2.45) is 5.73 Å². The van der Waals surface area contributed by atoms with E-state index in [1.54, 1.807) is 6.20 Å². The third kappa shape index (κ3) is 9.26. The van der Waals surface area contributed by atoms with Gasteiger partial charge in [0, 0.05) is 35.7 Å². The standard InChI is InChI=1S/C24H33N5O7S2/c1-38-9-8-17(27-23(34)19(12-37)29-21(32)15(25)6-7-20(30)31)22(33)28-18(24(35)36)10-13-11-26-16-5-3-2-4-14(13)16/h2-5,11,15,17-19,26,37H,6-10,12,25H2,1H3,(H,27,34)(H,28,33)(H,29,32)(H,30,31)(H,35,36). The van der Waals surface area contributed by atoms with Crippen LogP contribution in [-0.2, 0) is 30.4 Å². The molecule has 14 heteroatoms. The lowest BCUT2D eigenvalue weighted by Gasteiger charge is -2.24. The third-order valence-corrected chi connectivity index (χ3v) is 6.79. The molecule has 2 rings (SSSR count). The zero-order chi connectivity index (χ0) is 28.2. The van der Waals surface area contributed by atoms with Gasteiger partial charge in [-0.15, -0.1) is 0 Å². The van der Waals surface area contributed by atoms with Gasteiger partial charge in [-0.3, -0.25) is 19.2 Å². The number of carboxylic acids is 2. The molecule has 0 spiro atoms. The summed E-state index contributed by atoms with van der Waals surface area (Å²) in [6.45, 7) is 0. The summed E-state index contributed by atoms with van der Waals surface area (Å²) in [7, 11) is 0. The second kappa shape index (κ2) is 15.2. The predicted octanol–water partition coefficient (Wildman–Crippen LogP) is 0.124. The van der Waals surface area contributed by atoms with Crippen LogP contribution >= 0.6 is 24.4 Å². The number of carbonyl (C=O) groups excluding carboxylic acids is 3. The van der Waals surface area contributed by atoms with Crippen LogP contribution in [0.1, 0.15) is 24.8 Å². The number of aliphatic carboxylic acids is 2. The van der Waals surface area contributed by atoms with Gasteiger partial charge in [0.1, 0.15) is 18.1 Å². The maximum absolute atomic E-state index is 13.1. The number of benzene rings is 1. The van der Waals surface area contributed by atoms with Gasteiger partial charge in [-0.05, 0) is 36.5 Å². The van der Waals surface area contributed by atoms with Crippen molar-refractivity contribution in [2.75, 3.05) is 17.8 Å². The normalized spacial score (nSPS) is 14.2. The largest absolute Gasteiger partial charge is 0.481 e. The number of H-pyrrole nitrogens is 1. The van der Waals surface area contributed by atoms with Gasteiger partial charge in [0.05, 0.1) is 6.04 Å². The molecule has 4 atom stereocenters. The van der Waals surface area contributed by atoms with Gasteiger partial charge in [-0.2, -0.15) is 24.4 Å². The van der Waals surface area contributed by atoms with Crippen molar-refractivity contribution in [1.82, 2.24) is 20.9 Å². The average Bonchev–Trinajstić information content (AvgIpc) is 3.29. The summed E-state index contributed by atoms with van der Waals surface area (Å²) in [5.74, 6) is -4.06. The first-order valence-electron chi connectivity index (χ1n) is 11.8. The molecule has 38 heavy (non-hydrogen) atoms. The Labute approximate surface area is 229 Å². The van der Waals surface area contributed by atoms with Crippen LogP contribution in [0.4, 0.5) is 0 Å². The summed E-state index contributed by atoms with van der Waals surface area (Å²) in [6, 6.07) is 2.79. The molecule has 0 aliphatic carbocycles. The molecule has 8 N–H and O–H groups in total. The van der Waals surface area contributed by atoms with E-state index >= 15 is 0 Å². The first-order chi connectivity index (χ1) is 18.1. The average molecular weight is 568 g/mol. The molecular weight excluding hydrogens is 534 g/mol. The number of thiol groups is 1. The number of thioether (sulfide) groups is 1. The molecule has 0 aliphatic heterocycles. The summed E-state index contributed by atoms with van der Waals surface area (Å²) in [5, 5.41) is 26.9. The van der Waals surface area contributed by atoms with Gasteiger partial charge in [0.15, 0.2) is 0 Å². The molecular formula is C24H33N5O7S2. The van der Waals surface area contributed by atoms with E-state index in [1.807, 2.05) is 30.5 Å². The second-order valence-corrected chi connectivity index (χ2v) is 9.94. The Morgan fingerprint density at radius 1 is 0.974 bits per heavy atom. The van der Waals surface area contributed by atoms with Crippen molar-refractivity contribution >= 4 is 65.0 Å². The van der Waals surface area contributed by atoms with Gasteiger partial charge in [-0.1, -0.05) is 18.2 Å². The monoisotopic (exact) mass is 567 g/mol. The molecule has 4 unspecified atom stereocenters. The Kier molecular flexibility index (Phi) is 12.4. The lowest BCUT2D eigenvalue weighted by molar-refractivity contribution is -0.142. The number of nitrogens with one attached hydrogen (secondary N) is 4. The number of aromatic amines is 1. The number of hydrogen-bond acceptors (Lipinski definition) is 8. The Morgan fingerprint density at radius 3 is 2.24 bits per heavy atom. The molecule has 1 aromatic carbocycles. The van der Waals surface area contributed by atoms with Gasteiger partial charge < -0.3 is 36.9 Å². The van der Waals surface area contributed by atoms with Crippen LogP contribution in [-0.4, -0.2) is 86.8 Å². The van der Waals surface area contributed by atoms with Crippen molar-refractivity contribution in [1.29, 1.82) is 0 Å². The topological polar surface area (TPSA) is 204 Å². The second-order valence-electron chi connectivity index (χ2n) is 8.59. The number of carbonyl (C=O) groups is 5. The third-order valence-electron chi connectivity index (χ3n) is 5.78. The number of aromatic nitrogens is 1. The minimum absolute atomic E-state index is 0.0256. The van der Waals surface area contributed by atoms with Crippen LogP contribution in [0.5, 0.6) is 0 Å². The molecule has 3 amide bonds. The lowest BCUT2D eigenvalue weighted by atomic mass is 10.0. The van der Waals surface area contributed by atoms with E-state index in [0.29, 0.717) is 5.75 Å². The molecule has 2 aromatic rings. The fourth-order valence-corrected chi connectivity index (χ4v) is 4.38. The van der Waals surface area contributed by atoms with Crippen molar-refractivity contribution in [3.05, 3.63) is 36.0 Å². The summed E-state index contributed by atoms with van der Waals surface area (Å²) >= 11 is 5.53. The quantitative estimate of drug-likeness (QED) is 0.130. The lowest BCUT2D eigenvalue weighted by Crippen LogP contribution is -2.58. The van der Waals surface area contributed by atoms with Crippen molar-refractivity contribution in [3.8, 4) is 0 Å². The van der Waals surface area contributed by atoms with E-state index in [2.05, 4.69) is 33.6 Å². The maximum Gasteiger partial charge on any atom is 0.326 e. The maximum atomic E-state index is 13.1. The molecule has 0 radical (unpaired) electrons. The zero-order valence-electron chi connectivity index (χ0n) is 20.8. The van der Waals surface area contributed by atoms with Gasteiger partial charge in [-0.25, -0.2) is 4.79 Å². The molecule has 208 valence electrons. The number of rotatable bonds is 16. The van der Waals surface area contributed by atoms with E-state index in [-0.39, 0.29) is 31.4 Å². The SMILES string of the molecule is CSCCC(NC(=O)C(CS)NC(=O)C(N)CCC(=O)O)C(=O)NC(Cc1c[nH]c2ccccc12)C(=O)O. The van der Waals surface area contributed by atoms with Crippen molar-refractivity contribution in [2.45, 2.75) is 49.9 Å². The fraction of sp³-hybridized carbons (Fsp3) is 0.458. The summed E-state index contributed by atoms with van der Waals surface area (Å²) in [4.78, 5) is 64.0. The van der Waals surface area contributed by atoms with Gasteiger partial charge in [0.25, 0.3) is 0 Å². The highest BCUT2D eigenvalue weighted by atomic mass is 32.2. The Morgan fingerprint density at radius 2 is 1.61 bits per heavy atom. The van der Waals surface area contributed by atoms with Crippen LogP contribution in [0.15, 0.2) is 30.5 Å². The first kappa shape index (κ1) is 31.0. The number of para-hydroxylation sites is 1. The van der Waals surface area contributed by atoms with E-state index in [1.165, 1.54) is 11.8 Å². The number of nitrogens with two attached hydrogens (primary N) is 1. The Balaban J connectivity index is 2.08. The van der Waals surface area contributed by atoms with Crippen LogP contribution in [0.3, 0.4) is 0 Å². The van der Waals surface area contributed by atoms with Crippen LogP contribution in [0.2, 0.25) is 0 Å². The predicted molar refractivity (Wildman–Crippen MR) is 147 cm³/mol. The van der Waals surface area contributed by atoms with E-state index < -0.39 is 53.8 Å². The minimum Gasteiger partial charge on any atom is -0.481 e. The number of hydrogen-bond donors (Lipinski definition) is 8. The summed E-state index contributed by atoms with van der Waals surface area (Å²) < 4.78 is 0. The van der Waals surface area contributed by atoms with Crippen LogP contribution in [0.25, 0.3) is 10.9 Å². The molecule has 0 saturated carbocycles. The molecule has 0 fully saturated rings. The molecule has 1 aromatic heterocycles. The number of carboxylic acid groups (broad SMARTS) is 2. The number of amides is 3. The zero-order valence-corrected chi connectivity index (χ0v) is 22.5. The van der Waals surface area contributed by atoms with Gasteiger partial charge >= 0.3 is 11.9 Å². The Hall–Kier alpha value is -3.23. The van der Waals surface area contributed by atoms with Gasteiger partial charge in [0.2, 0.25) is 17.7 Å². The first-order valence-corrected chi connectivity index (χ1v) is 13.9. The Bertz CT molecular complexity index is 1140. The number of fused-ring (bicyclic) bond motifs is 1. The van der Waals surface area contributed by atoms with E-state index in [0.717, 1.165) is 16.5 Å². The molecule has 0 saturated heterocycles. The van der Waals surface area contributed by atoms with E-state index in [4.69, 9.17) is 10.8 Å². The molecule has 12 nitrogen and oxygen atoms in total. The van der Waals surface area contributed by atoms with Crippen LogP contribution < -0.4 is 21.7 Å². The molecule has 0 aliphatic rings. The van der Waals surface area contributed by atoms with E-state index in [9.17, 15) is 29.1 Å². The fourth-order valence-electron chi connectivity index (χ4n) is 3.65. The summed E-state index contributed by atoms with van der Waals surface area (Å²) in [6.07, 6.45) is 3.33.